The summed E-state index contributed by atoms with van der Waals surface area (Å²) in [5, 5.41) is 1.91. The van der Waals surface area contributed by atoms with Crippen LogP contribution in [0.2, 0.25) is 0 Å². The van der Waals surface area contributed by atoms with Crippen LogP contribution in [0.25, 0.3) is 0 Å². The third-order valence-corrected chi connectivity index (χ3v) is 2.50. The van der Waals surface area contributed by atoms with Gasteiger partial charge in [-0.3, -0.25) is 10.1 Å². The van der Waals surface area contributed by atoms with E-state index in [0.29, 0.717) is 5.75 Å². The van der Waals surface area contributed by atoms with E-state index >= 15 is 0 Å². The molecule has 0 heterocycles. The lowest BCUT2D eigenvalue weighted by molar-refractivity contribution is -0.154. The van der Waals surface area contributed by atoms with Gasteiger partial charge in [0, 0.05) is 0 Å². The summed E-state index contributed by atoms with van der Waals surface area (Å²) < 4.78 is 14.7. The van der Waals surface area contributed by atoms with E-state index in [9.17, 15) is 14.4 Å². The molecule has 0 saturated carbocycles. The second-order valence-electron chi connectivity index (χ2n) is 4.45. The summed E-state index contributed by atoms with van der Waals surface area (Å²) in [6, 6.07) is 7.19. The third-order valence-electron chi connectivity index (χ3n) is 2.50. The van der Waals surface area contributed by atoms with E-state index in [1.807, 2.05) is 18.3 Å². The topological polar surface area (TPSA) is 90.9 Å². The quantitative estimate of drug-likeness (QED) is 0.802. The van der Waals surface area contributed by atoms with Crippen LogP contribution in [0.15, 0.2) is 24.3 Å². The van der Waals surface area contributed by atoms with Crippen LogP contribution in [-0.2, 0) is 19.1 Å². The maximum Gasteiger partial charge on any atom is 0.413 e. The molecule has 1 aromatic carbocycles. The third kappa shape index (κ3) is 6.25. The summed E-state index contributed by atoms with van der Waals surface area (Å²) in [5.41, 5.74) is 0.992. The summed E-state index contributed by atoms with van der Waals surface area (Å²) in [4.78, 5) is 34.0. The first-order chi connectivity index (χ1) is 10.4. The van der Waals surface area contributed by atoms with Crippen LogP contribution in [0.5, 0.6) is 5.75 Å². The van der Waals surface area contributed by atoms with E-state index in [-0.39, 0.29) is 6.61 Å². The fourth-order valence-corrected chi connectivity index (χ4v) is 1.51. The van der Waals surface area contributed by atoms with Crippen molar-refractivity contribution >= 4 is 18.0 Å². The van der Waals surface area contributed by atoms with Gasteiger partial charge in [-0.25, -0.2) is 9.59 Å². The molecule has 0 aromatic heterocycles. The Kier molecular flexibility index (Phi) is 6.88. The van der Waals surface area contributed by atoms with E-state index in [0.717, 1.165) is 5.56 Å². The van der Waals surface area contributed by atoms with Crippen LogP contribution < -0.4 is 10.1 Å². The minimum Gasteiger partial charge on any atom is -0.479 e. The second-order valence-corrected chi connectivity index (χ2v) is 4.45. The predicted molar refractivity (Wildman–Crippen MR) is 77.4 cm³/mol. The van der Waals surface area contributed by atoms with Gasteiger partial charge >= 0.3 is 12.1 Å². The number of imide groups is 1. The summed E-state index contributed by atoms with van der Waals surface area (Å²) in [6.45, 7) is 4.57. The number of carbonyl (C=O) groups is 3. The molecule has 0 aliphatic carbocycles. The Balaban J connectivity index is 2.38. The number of rotatable bonds is 6. The molecule has 0 unspecified atom stereocenters. The fourth-order valence-electron chi connectivity index (χ4n) is 1.51. The average Bonchev–Trinajstić information content (AvgIpc) is 2.44. The molecule has 22 heavy (non-hydrogen) atoms. The normalized spacial score (nSPS) is 11.2. The minimum absolute atomic E-state index is 0.139. The first-order valence-electron chi connectivity index (χ1n) is 6.79. The first-order valence-corrected chi connectivity index (χ1v) is 6.79. The van der Waals surface area contributed by atoms with Gasteiger partial charge in [-0.15, -0.1) is 0 Å². The van der Waals surface area contributed by atoms with Gasteiger partial charge in [-0.1, -0.05) is 12.1 Å². The number of amides is 2. The molecular weight excluding hydrogens is 290 g/mol. The maximum atomic E-state index is 11.7. The smallest absolute Gasteiger partial charge is 0.413 e. The molecule has 0 aliphatic heterocycles. The van der Waals surface area contributed by atoms with Crippen molar-refractivity contribution in [1.29, 1.82) is 0 Å². The molecule has 7 nitrogen and oxygen atoms in total. The van der Waals surface area contributed by atoms with Crippen molar-refractivity contribution in [3.05, 3.63) is 29.8 Å². The molecule has 0 radical (unpaired) electrons. The second kappa shape index (κ2) is 8.66. The number of ether oxygens (including phenoxy) is 3. The van der Waals surface area contributed by atoms with Crippen LogP contribution in [-0.4, -0.2) is 37.3 Å². The Hall–Kier alpha value is -2.57. The van der Waals surface area contributed by atoms with Crippen molar-refractivity contribution in [2.75, 3.05) is 13.2 Å². The van der Waals surface area contributed by atoms with Crippen molar-refractivity contribution < 1.29 is 28.6 Å². The number of esters is 1. The number of nitrogens with one attached hydrogen (secondary N) is 1. The molecule has 0 saturated heterocycles. The van der Waals surface area contributed by atoms with Crippen molar-refractivity contribution in [2.45, 2.75) is 26.9 Å². The molecule has 7 heteroatoms. The zero-order chi connectivity index (χ0) is 16.5. The average molecular weight is 309 g/mol. The Morgan fingerprint density at radius 3 is 2.59 bits per heavy atom. The number of alkyl carbamates (subject to hydrolysis) is 1. The van der Waals surface area contributed by atoms with Gasteiger partial charge < -0.3 is 14.2 Å². The molecule has 2 amide bonds. The standard InChI is InChI=1S/C15H19NO6/c1-4-20-15(19)16-13(17)9-21-14(18)11(3)22-12-7-5-6-10(2)8-12/h5-8,11H,4,9H2,1-3H3,(H,16,17,19)/t11-/m1/s1. The zero-order valence-corrected chi connectivity index (χ0v) is 12.8. The highest BCUT2D eigenvalue weighted by Gasteiger charge is 2.18. The Labute approximate surface area is 128 Å². The predicted octanol–water partition coefficient (Wildman–Crippen LogP) is 1.58. The Morgan fingerprint density at radius 2 is 1.95 bits per heavy atom. The monoisotopic (exact) mass is 309 g/mol. The van der Waals surface area contributed by atoms with Gasteiger partial charge in [-0.05, 0) is 38.5 Å². The van der Waals surface area contributed by atoms with Gasteiger partial charge in [0.25, 0.3) is 5.91 Å². The maximum absolute atomic E-state index is 11.7. The van der Waals surface area contributed by atoms with Crippen molar-refractivity contribution in [3.8, 4) is 5.75 Å². The van der Waals surface area contributed by atoms with E-state index in [2.05, 4.69) is 4.74 Å². The van der Waals surface area contributed by atoms with Gasteiger partial charge in [0.15, 0.2) is 12.7 Å². The SMILES string of the molecule is CCOC(=O)NC(=O)COC(=O)[C@@H](C)Oc1cccc(C)c1. The van der Waals surface area contributed by atoms with E-state index in [1.165, 1.54) is 6.92 Å². The van der Waals surface area contributed by atoms with Crippen molar-refractivity contribution in [1.82, 2.24) is 5.32 Å². The number of aryl methyl sites for hydroxylation is 1. The Bertz CT molecular complexity index is 543. The summed E-state index contributed by atoms with van der Waals surface area (Å²) in [6.07, 6.45) is -1.76. The van der Waals surface area contributed by atoms with E-state index in [4.69, 9.17) is 9.47 Å². The number of hydrogen-bond donors (Lipinski definition) is 1. The largest absolute Gasteiger partial charge is 0.479 e. The molecule has 0 aliphatic rings. The molecule has 1 aromatic rings. The lowest BCUT2D eigenvalue weighted by Crippen LogP contribution is -2.36. The highest BCUT2D eigenvalue weighted by molar-refractivity contribution is 5.93. The van der Waals surface area contributed by atoms with Gasteiger partial charge in [0.2, 0.25) is 0 Å². The van der Waals surface area contributed by atoms with Crippen LogP contribution in [0.4, 0.5) is 4.79 Å². The molecule has 120 valence electrons. The van der Waals surface area contributed by atoms with Crippen molar-refractivity contribution in [2.24, 2.45) is 0 Å². The highest BCUT2D eigenvalue weighted by Crippen LogP contribution is 2.14. The van der Waals surface area contributed by atoms with Gasteiger partial charge in [0.1, 0.15) is 5.75 Å². The summed E-state index contributed by atoms with van der Waals surface area (Å²) >= 11 is 0. The lowest BCUT2D eigenvalue weighted by atomic mass is 10.2. The van der Waals surface area contributed by atoms with E-state index < -0.39 is 30.7 Å². The van der Waals surface area contributed by atoms with Crippen LogP contribution in [0.3, 0.4) is 0 Å². The van der Waals surface area contributed by atoms with Gasteiger partial charge in [-0.2, -0.15) is 0 Å². The molecule has 1 N–H and O–H groups in total. The van der Waals surface area contributed by atoms with Crippen LogP contribution in [0, 0.1) is 6.92 Å². The first kappa shape index (κ1) is 17.5. The fraction of sp³-hybridized carbons (Fsp3) is 0.400. The molecule has 1 rings (SSSR count). The number of carbonyl (C=O) groups excluding carboxylic acids is 3. The molecule has 0 bridgehead atoms. The van der Waals surface area contributed by atoms with Gasteiger partial charge in [0.05, 0.1) is 6.61 Å². The summed E-state index contributed by atoms with van der Waals surface area (Å²) in [7, 11) is 0. The molecule has 0 fully saturated rings. The lowest BCUT2D eigenvalue weighted by Gasteiger charge is -2.14. The number of hydrogen-bond acceptors (Lipinski definition) is 6. The minimum atomic E-state index is -0.882. The highest BCUT2D eigenvalue weighted by atomic mass is 16.6. The van der Waals surface area contributed by atoms with E-state index in [1.54, 1.807) is 25.1 Å². The number of benzene rings is 1. The van der Waals surface area contributed by atoms with Crippen molar-refractivity contribution in [3.63, 3.8) is 0 Å². The summed E-state index contributed by atoms with van der Waals surface area (Å²) in [5.74, 6) is -0.949. The molecule has 0 spiro atoms. The van der Waals surface area contributed by atoms with Crippen LogP contribution >= 0.6 is 0 Å². The molecular formula is C15H19NO6. The molecule has 1 atom stereocenters. The zero-order valence-electron chi connectivity index (χ0n) is 12.8. The van der Waals surface area contributed by atoms with Crippen LogP contribution in [0.1, 0.15) is 19.4 Å². The Morgan fingerprint density at radius 1 is 1.23 bits per heavy atom.